The van der Waals surface area contributed by atoms with Crippen molar-refractivity contribution in [2.24, 2.45) is 0 Å². The summed E-state index contributed by atoms with van der Waals surface area (Å²) < 4.78 is 0. The predicted molar refractivity (Wildman–Crippen MR) is 109 cm³/mol. The van der Waals surface area contributed by atoms with E-state index in [4.69, 9.17) is 0 Å². The van der Waals surface area contributed by atoms with Crippen molar-refractivity contribution in [1.82, 2.24) is 4.98 Å². The molecule has 1 fully saturated rings. The third-order valence-electron chi connectivity index (χ3n) is 4.72. The lowest BCUT2D eigenvalue weighted by molar-refractivity contribution is -0.117. The standard InChI is InChI=1S/C22H20N4O2/c27-21-13-17(16-7-3-1-4-8-16)15-26(21)19-11-12-23-20(14-19)25-22(28)24-18-9-5-2-6-10-18/h1-12,14,17H,13,15H2,(H2,23,24,25,28). The zero-order chi connectivity index (χ0) is 19.3. The molecule has 0 radical (unpaired) electrons. The van der Waals surface area contributed by atoms with Gasteiger partial charge in [0.05, 0.1) is 0 Å². The van der Waals surface area contributed by atoms with Gasteiger partial charge in [-0.15, -0.1) is 0 Å². The number of anilines is 3. The molecule has 1 atom stereocenters. The van der Waals surface area contributed by atoms with Gasteiger partial charge in [0.25, 0.3) is 0 Å². The van der Waals surface area contributed by atoms with Gasteiger partial charge < -0.3 is 10.2 Å². The van der Waals surface area contributed by atoms with Crippen LogP contribution in [0.4, 0.5) is 22.0 Å². The Morgan fingerprint density at radius 2 is 1.68 bits per heavy atom. The van der Waals surface area contributed by atoms with Crippen LogP contribution in [0.15, 0.2) is 79.0 Å². The number of carbonyl (C=O) groups is 2. The van der Waals surface area contributed by atoms with Crippen molar-refractivity contribution < 1.29 is 9.59 Å². The lowest BCUT2D eigenvalue weighted by Crippen LogP contribution is -2.25. The lowest BCUT2D eigenvalue weighted by atomic mass is 9.99. The van der Waals surface area contributed by atoms with E-state index in [0.717, 1.165) is 11.3 Å². The van der Waals surface area contributed by atoms with Crippen LogP contribution >= 0.6 is 0 Å². The van der Waals surface area contributed by atoms with E-state index in [-0.39, 0.29) is 17.9 Å². The second-order valence-electron chi connectivity index (χ2n) is 6.66. The molecule has 0 aliphatic carbocycles. The smallest absolute Gasteiger partial charge is 0.312 e. The van der Waals surface area contributed by atoms with Crippen LogP contribution in [0.2, 0.25) is 0 Å². The average molecular weight is 372 g/mol. The van der Waals surface area contributed by atoms with E-state index < -0.39 is 0 Å². The van der Waals surface area contributed by atoms with Crippen LogP contribution < -0.4 is 15.5 Å². The molecule has 0 bridgehead atoms. The first kappa shape index (κ1) is 17.7. The molecule has 1 aromatic heterocycles. The molecular formula is C22H20N4O2. The molecule has 0 spiro atoms. The lowest BCUT2D eigenvalue weighted by Gasteiger charge is -2.18. The Hall–Kier alpha value is -3.67. The van der Waals surface area contributed by atoms with Crippen molar-refractivity contribution in [2.75, 3.05) is 22.1 Å². The third-order valence-corrected chi connectivity index (χ3v) is 4.72. The summed E-state index contributed by atoms with van der Waals surface area (Å²) in [6.07, 6.45) is 2.07. The van der Waals surface area contributed by atoms with Crippen molar-refractivity contribution in [3.8, 4) is 0 Å². The number of nitrogens with one attached hydrogen (secondary N) is 2. The molecule has 2 aromatic carbocycles. The summed E-state index contributed by atoms with van der Waals surface area (Å²) in [5.74, 6) is 0.626. The number of para-hydroxylation sites is 1. The maximum absolute atomic E-state index is 12.5. The van der Waals surface area contributed by atoms with E-state index in [2.05, 4.69) is 27.8 Å². The number of hydrogen-bond donors (Lipinski definition) is 2. The Labute approximate surface area is 163 Å². The van der Waals surface area contributed by atoms with Gasteiger partial charge in [-0.3, -0.25) is 10.1 Å². The van der Waals surface area contributed by atoms with Crippen LogP contribution in [-0.4, -0.2) is 23.5 Å². The Kier molecular flexibility index (Phi) is 5.01. The number of benzene rings is 2. The molecular weight excluding hydrogens is 352 g/mol. The van der Waals surface area contributed by atoms with Gasteiger partial charge in [-0.05, 0) is 23.8 Å². The molecule has 4 rings (SSSR count). The maximum atomic E-state index is 12.5. The quantitative estimate of drug-likeness (QED) is 0.719. The summed E-state index contributed by atoms with van der Waals surface area (Å²) in [7, 11) is 0. The largest absolute Gasteiger partial charge is 0.324 e. The van der Waals surface area contributed by atoms with Gasteiger partial charge in [-0.2, -0.15) is 0 Å². The van der Waals surface area contributed by atoms with Crippen LogP contribution in [0.5, 0.6) is 0 Å². The molecule has 6 nitrogen and oxygen atoms in total. The van der Waals surface area contributed by atoms with Crippen LogP contribution in [0, 0.1) is 0 Å². The molecule has 2 heterocycles. The fraction of sp³-hybridized carbons (Fsp3) is 0.136. The number of amides is 3. The highest BCUT2D eigenvalue weighted by atomic mass is 16.2. The zero-order valence-corrected chi connectivity index (χ0v) is 15.2. The normalized spacial score (nSPS) is 16.1. The number of aromatic nitrogens is 1. The van der Waals surface area contributed by atoms with Gasteiger partial charge in [0, 0.05) is 42.5 Å². The Morgan fingerprint density at radius 1 is 0.964 bits per heavy atom. The van der Waals surface area contributed by atoms with Crippen molar-refractivity contribution in [3.63, 3.8) is 0 Å². The molecule has 140 valence electrons. The molecule has 28 heavy (non-hydrogen) atoms. The van der Waals surface area contributed by atoms with Crippen molar-refractivity contribution in [2.45, 2.75) is 12.3 Å². The Bertz CT molecular complexity index is 976. The number of hydrogen-bond acceptors (Lipinski definition) is 3. The number of carbonyl (C=O) groups excluding carboxylic acids is 2. The third kappa shape index (κ3) is 4.01. The SMILES string of the molecule is O=C(Nc1ccccc1)Nc1cc(N2CC(c3ccccc3)CC2=O)ccn1. The highest BCUT2D eigenvalue weighted by molar-refractivity contribution is 6.00. The van der Waals surface area contributed by atoms with Crippen LogP contribution in [0.3, 0.4) is 0 Å². The van der Waals surface area contributed by atoms with Crippen LogP contribution in [0.25, 0.3) is 0 Å². The molecule has 1 aliphatic heterocycles. The number of urea groups is 1. The number of nitrogens with zero attached hydrogens (tertiary/aromatic N) is 2. The van der Waals surface area contributed by atoms with E-state index in [9.17, 15) is 9.59 Å². The van der Waals surface area contributed by atoms with Gasteiger partial charge in [0.15, 0.2) is 0 Å². The number of pyridine rings is 1. The summed E-state index contributed by atoms with van der Waals surface area (Å²) in [5, 5.41) is 5.46. The summed E-state index contributed by atoms with van der Waals surface area (Å²) >= 11 is 0. The molecule has 3 amide bonds. The summed E-state index contributed by atoms with van der Waals surface area (Å²) in [6.45, 7) is 0.614. The van der Waals surface area contributed by atoms with Crippen molar-refractivity contribution in [3.05, 3.63) is 84.6 Å². The van der Waals surface area contributed by atoms with Gasteiger partial charge >= 0.3 is 6.03 Å². The number of rotatable bonds is 4. The predicted octanol–water partition coefficient (Wildman–Crippen LogP) is 4.25. The van der Waals surface area contributed by atoms with Crippen LogP contribution in [-0.2, 0) is 4.79 Å². The highest BCUT2D eigenvalue weighted by Gasteiger charge is 2.31. The van der Waals surface area contributed by atoms with Crippen LogP contribution in [0.1, 0.15) is 17.9 Å². The first-order valence-electron chi connectivity index (χ1n) is 9.13. The summed E-state index contributed by atoms with van der Waals surface area (Å²) in [4.78, 5) is 30.6. The molecule has 1 aliphatic rings. The average Bonchev–Trinajstić information content (AvgIpc) is 3.11. The molecule has 2 N–H and O–H groups in total. The zero-order valence-electron chi connectivity index (χ0n) is 15.2. The summed E-state index contributed by atoms with van der Waals surface area (Å²) in [6, 6.07) is 22.3. The fourth-order valence-corrected chi connectivity index (χ4v) is 3.36. The topological polar surface area (TPSA) is 74.3 Å². The molecule has 1 unspecified atom stereocenters. The van der Waals surface area contributed by atoms with Gasteiger partial charge in [-0.25, -0.2) is 9.78 Å². The molecule has 0 saturated carbocycles. The van der Waals surface area contributed by atoms with E-state index in [0.29, 0.717) is 24.5 Å². The van der Waals surface area contributed by atoms with E-state index in [1.54, 1.807) is 35.4 Å². The van der Waals surface area contributed by atoms with Crippen molar-refractivity contribution >= 4 is 29.1 Å². The second-order valence-corrected chi connectivity index (χ2v) is 6.66. The maximum Gasteiger partial charge on any atom is 0.324 e. The van der Waals surface area contributed by atoms with Gasteiger partial charge in [0.1, 0.15) is 5.82 Å². The minimum Gasteiger partial charge on any atom is -0.312 e. The van der Waals surface area contributed by atoms with E-state index in [1.165, 1.54) is 0 Å². The minimum atomic E-state index is -0.384. The summed E-state index contributed by atoms with van der Waals surface area (Å²) in [5.41, 5.74) is 2.58. The second kappa shape index (κ2) is 7.92. The Balaban J connectivity index is 1.45. The highest BCUT2D eigenvalue weighted by Crippen LogP contribution is 2.32. The molecule has 3 aromatic rings. The van der Waals surface area contributed by atoms with Gasteiger partial charge in [0.2, 0.25) is 5.91 Å². The minimum absolute atomic E-state index is 0.0692. The van der Waals surface area contributed by atoms with E-state index in [1.807, 2.05) is 36.4 Å². The van der Waals surface area contributed by atoms with Crippen molar-refractivity contribution in [1.29, 1.82) is 0 Å². The first-order chi connectivity index (χ1) is 13.7. The first-order valence-corrected chi connectivity index (χ1v) is 9.13. The molecule has 1 saturated heterocycles. The monoisotopic (exact) mass is 372 g/mol. The van der Waals surface area contributed by atoms with Gasteiger partial charge in [-0.1, -0.05) is 48.5 Å². The van der Waals surface area contributed by atoms with E-state index >= 15 is 0 Å². The Morgan fingerprint density at radius 3 is 2.43 bits per heavy atom. The molecule has 6 heteroatoms. The fourth-order valence-electron chi connectivity index (χ4n) is 3.36.